The van der Waals surface area contributed by atoms with Crippen molar-refractivity contribution >= 4 is 11.9 Å². The Morgan fingerprint density at radius 1 is 1.00 bits per heavy atom. The zero-order valence-corrected chi connectivity index (χ0v) is 17.1. The van der Waals surface area contributed by atoms with Crippen molar-refractivity contribution in [3.05, 3.63) is 41.5 Å². The van der Waals surface area contributed by atoms with E-state index in [1.807, 2.05) is 13.0 Å². The van der Waals surface area contributed by atoms with Crippen LogP contribution in [-0.4, -0.2) is 46.6 Å². The molecule has 30 heavy (non-hydrogen) atoms. The summed E-state index contributed by atoms with van der Waals surface area (Å²) in [5, 5.41) is 2.78. The van der Waals surface area contributed by atoms with Gasteiger partial charge in [0.25, 0.3) is 5.91 Å². The van der Waals surface area contributed by atoms with Gasteiger partial charge in [0.1, 0.15) is 0 Å². The molecule has 9 heteroatoms. The SMILES string of the molecule is COc1cc(C(=O)OCC(=O)N[C@H](C)c2ccc3c(c2)OCO3)cc(OC)c1OC. The van der Waals surface area contributed by atoms with Crippen LogP contribution in [0.4, 0.5) is 0 Å². The van der Waals surface area contributed by atoms with Gasteiger partial charge in [0.2, 0.25) is 12.5 Å². The van der Waals surface area contributed by atoms with E-state index in [0.29, 0.717) is 28.7 Å². The van der Waals surface area contributed by atoms with Gasteiger partial charge in [-0.15, -0.1) is 0 Å². The molecule has 1 aliphatic rings. The molecule has 1 heterocycles. The van der Waals surface area contributed by atoms with Crippen LogP contribution in [0.1, 0.15) is 28.9 Å². The predicted octanol–water partition coefficient (Wildman–Crippen LogP) is 2.48. The molecule has 1 amide bonds. The number of hydrogen-bond donors (Lipinski definition) is 1. The molecule has 0 unspecified atom stereocenters. The lowest BCUT2D eigenvalue weighted by Gasteiger charge is -2.16. The molecule has 0 saturated carbocycles. The minimum Gasteiger partial charge on any atom is -0.493 e. The smallest absolute Gasteiger partial charge is 0.338 e. The van der Waals surface area contributed by atoms with Crippen molar-refractivity contribution < 1.29 is 38.0 Å². The third-order valence-corrected chi connectivity index (χ3v) is 4.51. The lowest BCUT2D eigenvalue weighted by atomic mass is 10.1. The Morgan fingerprint density at radius 2 is 1.67 bits per heavy atom. The number of carbonyl (C=O) groups is 2. The van der Waals surface area contributed by atoms with Gasteiger partial charge >= 0.3 is 5.97 Å². The Balaban J connectivity index is 1.60. The summed E-state index contributed by atoms with van der Waals surface area (Å²) in [5.41, 5.74) is 1.00. The van der Waals surface area contributed by atoms with Crippen LogP contribution in [0.5, 0.6) is 28.7 Å². The van der Waals surface area contributed by atoms with Crippen molar-refractivity contribution in [2.45, 2.75) is 13.0 Å². The first-order chi connectivity index (χ1) is 14.5. The van der Waals surface area contributed by atoms with Gasteiger partial charge in [-0.1, -0.05) is 6.07 Å². The molecule has 0 fully saturated rings. The fourth-order valence-corrected chi connectivity index (χ4v) is 2.96. The standard InChI is InChI=1S/C21H23NO8/c1-12(13-5-6-15-16(7-13)30-11-29-15)22-19(23)10-28-21(24)14-8-17(25-2)20(27-4)18(9-14)26-3/h5-9,12H,10-11H2,1-4H3,(H,22,23)/t12-/m1/s1. The van der Waals surface area contributed by atoms with Crippen LogP contribution in [0.25, 0.3) is 0 Å². The van der Waals surface area contributed by atoms with Crippen LogP contribution in [0.15, 0.2) is 30.3 Å². The van der Waals surface area contributed by atoms with Crippen LogP contribution in [0.3, 0.4) is 0 Å². The van der Waals surface area contributed by atoms with E-state index < -0.39 is 18.5 Å². The molecule has 2 aromatic rings. The van der Waals surface area contributed by atoms with E-state index in [1.165, 1.54) is 33.5 Å². The number of esters is 1. The summed E-state index contributed by atoms with van der Waals surface area (Å²) in [7, 11) is 4.35. The summed E-state index contributed by atoms with van der Waals surface area (Å²) in [6, 6.07) is 8.01. The van der Waals surface area contributed by atoms with Crippen molar-refractivity contribution in [2.75, 3.05) is 34.7 Å². The molecule has 3 rings (SSSR count). The average Bonchev–Trinajstić information content (AvgIpc) is 3.24. The zero-order chi connectivity index (χ0) is 21.7. The van der Waals surface area contributed by atoms with Crippen LogP contribution < -0.4 is 29.0 Å². The van der Waals surface area contributed by atoms with Gasteiger partial charge in [-0.25, -0.2) is 4.79 Å². The third-order valence-electron chi connectivity index (χ3n) is 4.51. The molecular weight excluding hydrogens is 394 g/mol. The lowest BCUT2D eigenvalue weighted by Crippen LogP contribution is -2.31. The highest BCUT2D eigenvalue weighted by atomic mass is 16.7. The van der Waals surface area contributed by atoms with Gasteiger partial charge in [-0.3, -0.25) is 4.79 Å². The minimum atomic E-state index is -0.694. The van der Waals surface area contributed by atoms with E-state index in [4.69, 9.17) is 28.4 Å². The van der Waals surface area contributed by atoms with Crippen LogP contribution >= 0.6 is 0 Å². The molecule has 1 N–H and O–H groups in total. The quantitative estimate of drug-likeness (QED) is 0.654. The Kier molecular flexibility index (Phi) is 6.51. The molecule has 1 aliphatic heterocycles. The summed E-state index contributed by atoms with van der Waals surface area (Å²) in [6.07, 6.45) is 0. The van der Waals surface area contributed by atoms with Crippen molar-refractivity contribution in [3.8, 4) is 28.7 Å². The molecule has 0 spiro atoms. The summed E-state index contributed by atoms with van der Waals surface area (Å²) < 4.78 is 31.4. The minimum absolute atomic E-state index is 0.168. The number of hydrogen-bond acceptors (Lipinski definition) is 8. The summed E-state index contributed by atoms with van der Waals surface area (Å²) in [4.78, 5) is 24.6. The van der Waals surface area contributed by atoms with E-state index in [2.05, 4.69) is 5.32 Å². The first-order valence-corrected chi connectivity index (χ1v) is 9.12. The fourth-order valence-electron chi connectivity index (χ4n) is 2.96. The van der Waals surface area contributed by atoms with Crippen molar-refractivity contribution in [3.63, 3.8) is 0 Å². The molecular formula is C21H23NO8. The van der Waals surface area contributed by atoms with Crippen LogP contribution in [0, 0.1) is 0 Å². The number of amides is 1. The van der Waals surface area contributed by atoms with Gasteiger partial charge in [0, 0.05) is 0 Å². The van der Waals surface area contributed by atoms with E-state index >= 15 is 0 Å². The van der Waals surface area contributed by atoms with Gasteiger partial charge in [-0.05, 0) is 36.8 Å². The zero-order valence-electron chi connectivity index (χ0n) is 17.1. The second-order valence-electron chi connectivity index (χ2n) is 6.39. The number of rotatable bonds is 8. The van der Waals surface area contributed by atoms with Crippen LogP contribution in [-0.2, 0) is 9.53 Å². The Labute approximate surface area is 173 Å². The van der Waals surface area contributed by atoms with Crippen molar-refractivity contribution in [2.24, 2.45) is 0 Å². The van der Waals surface area contributed by atoms with Crippen molar-refractivity contribution in [1.29, 1.82) is 0 Å². The van der Waals surface area contributed by atoms with Gasteiger partial charge in [-0.2, -0.15) is 0 Å². The Bertz CT molecular complexity index is 918. The Hall–Kier alpha value is -3.62. The molecule has 0 aliphatic carbocycles. The van der Waals surface area contributed by atoms with E-state index in [0.717, 1.165) is 5.56 Å². The van der Waals surface area contributed by atoms with Gasteiger partial charge < -0.3 is 33.7 Å². The van der Waals surface area contributed by atoms with E-state index in [-0.39, 0.29) is 18.4 Å². The molecule has 0 radical (unpaired) electrons. The molecule has 9 nitrogen and oxygen atoms in total. The van der Waals surface area contributed by atoms with Crippen molar-refractivity contribution in [1.82, 2.24) is 5.32 Å². The largest absolute Gasteiger partial charge is 0.493 e. The monoisotopic (exact) mass is 417 g/mol. The first kappa shape index (κ1) is 21.1. The highest BCUT2D eigenvalue weighted by Crippen LogP contribution is 2.38. The second kappa shape index (κ2) is 9.25. The maximum atomic E-state index is 12.4. The maximum absolute atomic E-state index is 12.4. The fraction of sp³-hybridized carbons (Fsp3) is 0.333. The number of benzene rings is 2. The summed E-state index contributed by atoms with van der Waals surface area (Å²) in [6.45, 7) is 1.55. The molecule has 0 bridgehead atoms. The van der Waals surface area contributed by atoms with Gasteiger partial charge in [0.05, 0.1) is 32.9 Å². The highest BCUT2D eigenvalue weighted by Gasteiger charge is 2.20. The average molecular weight is 417 g/mol. The molecule has 0 saturated heterocycles. The lowest BCUT2D eigenvalue weighted by molar-refractivity contribution is -0.124. The number of methoxy groups -OCH3 is 3. The normalized spacial score (nSPS) is 12.7. The highest BCUT2D eigenvalue weighted by molar-refractivity contribution is 5.92. The molecule has 2 aromatic carbocycles. The Morgan fingerprint density at radius 3 is 2.30 bits per heavy atom. The topological polar surface area (TPSA) is 102 Å². The predicted molar refractivity (Wildman–Crippen MR) is 106 cm³/mol. The summed E-state index contributed by atoms with van der Waals surface area (Å²) in [5.74, 6) is 1.13. The third kappa shape index (κ3) is 4.51. The van der Waals surface area contributed by atoms with Crippen LogP contribution in [0.2, 0.25) is 0 Å². The number of fused-ring (bicyclic) bond motifs is 1. The first-order valence-electron chi connectivity index (χ1n) is 9.12. The number of nitrogens with one attached hydrogen (secondary N) is 1. The number of carbonyl (C=O) groups excluding carboxylic acids is 2. The van der Waals surface area contributed by atoms with Gasteiger partial charge in [0.15, 0.2) is 29.6 Å². The second-order valence-corrected chi connectivity index (χ2v) is 6.39. The molecule has 1 atom stereocenters. The van der Waals surface area contributed by atoms with E-state index in [1.54, 1.807) is 12.1 Å². The maximum Gasteiger partial charge on any atom is 0.338 e. The number of ether oxygens (including phenoxy) is 6. The molecule has 160 valence electrons. The molecule has 0 aromatic heterocycles. The summed E-state index contributed by atoms with van der Waals surface area (Å²) >= 11 is 0. The van der Waals surface area contributed by atoms with E-state index in [9.17, 15) is 9.59 Å².